The van der Waals surface area contributed by atoms with Crippen molar-refractivity contribution in [2.75, 3.05) is 11.9 Å². The molecular weight excluding hydrogens is 525 g/mol. The predicted molar refractivity (Wildman–Crippen MR) is 144 cm³/mol. The number of benzene rings is 3. The fourth-order valence-electron chi connectivity index (χ4n) is 4.50. The molecule has 1 aliphatic rings. The lowest BCUT2D eigenvalue weighted by Crippen LogP contribution is -2.35. The number of carbonyl (C=O) groups excluding carboxylic acids is 1. The molecule has 3 aromatic carbocycles. The number of carbonyl (C=O) groups is 1. The fraction of sp³-hybridized carbons (Fsp3) is 0.148. The van der Waals surface area contributed by atoms with Crippen LogP contribution in [0.3, 0.4) is 0 Å². The van der Waals surface area contributed by atoms with Gasteiger partial charge in [-0.3, -0.25) is 4.79 Å². The maximum absolute atomic E-state index is 13.6. The minimum absolute atomic E-state index is 0.135. The second kappa shape index (κ2) is 9.43. The van der Waals surface area contributed by atoms with Crippen molar-refractivity contribution in [2.24, 2.45) is 0 Å². The molecule has 2 aromatic heterocycles. The van der Waals surface area contributed by atoms with Crippen LogP contribution in [0.15, 0.2) is 77.7 Å². The van der Waals surface area contributed by atoms with Crippen molar-refractivity contribution in [3.63, 3.8) is 0 Å². The van der Waals surface area contributed by atoms with Crippen LogP contribution in [-0.4, -0.2) is 39.9 Å². The third-order valence-electron chi connectivity index (χ3n) is 6.44. The number of amides is 1. The summed E-state index contributed by atoms with van der Waals surface area (Å²) in [5.41, 5.74) is 3.76. The Morgan fingerprint density at radius 2 is 1.79 bits per heavy atom. The highest BCUT2D eigenvalue weighted by Crippen LogP contribution is 2.29. The van der Waals surface area contributed by atoms with Gasteiger partial charge in [-0.2, -0.15) is 14.1 Å². The monoisotopic (exact) mass is 547 g/mol. The highest BCUT2D eigenvalue weighted by Gasteiger charge is 2.28. The van der Waals surface area contributed by atoms with E-state index in [1.54, 1.807) is 19.1 Å². The Balaban J connectivity index is 1.21. The summed E-state index contributed by atoms with van der Waals surface area (Å²) in [6, 6.07) is 19.8. The average molecular weight is 548 g/mol. The van der Waals surface area contributed by atoms with Gasteiger partial charge in [0, 0.05) is 24.7 Å². The molecule has 0 saturated heterocycles. The summed E-state index contributed by atoms with van der Waals surface area (Å²) in [6.45, 7) is 2.52. The molecule has 0 bridgehead atoms. The Kier molecular flexibility index (Phi) is 6.05. The lowest BCUT2D eigenvalue weighted by atomic mass is 10.0. The number of thiazole rings is 1. The zero-order valence-corrected chi connectivity index (χ0v) is 21.9. The van der Waals surface area contributed by atoms with E-state index in [4.69, 9.17) is 0 Å². The molecule has 0 atom stereocenters. The molecule has 6 rings (SSSR count). The first-order valence-electron chi connectivity index (χ1n) is 11.9. The van der Waals surface area contributed by atoms with Crippen LogP contribution in [0, 0.1) is 12.7 Å². The van der Waals surface area contributed by atoms with Crippen LogP contribution in [0.4, 0.5) is 10.2 Å². The molecule has 8 nitrogen and oxygen atoms in total. The van der Waals surface area contributed by atoms with Gasteiger partial charge in [0.2, 0.25) is 15.2 Å². The third kappa shape index (κ3) is 4.49. The van der Waals surface area contributed by atoms with Gasteiger partial charge in [0.05, 0.1) is 20.8 Å². The standard InChI is InChI=1S/C27H22FN5O3S2/c1-17-14-25(33(31-17)27-29-23-11-8-21(28)15-24(23)37-27)30-26(34)19-6-9-22(10-7-19)38(35,36)32-13-12-18-4-2-3-5-20(18)16-32/h2-11,14-15H,12-13,16H2,1H3,(H,30,34). The average Bonchev–Trinajstić information content (AvgIpc) is 3.50. The number of sulfonamides is 1. The fourth-order valence-corrected chi connectivity index (χ4v) is 6.88. The van der Waals surface area contributed by atoms with E-state index in [1.807, 2.05) is 24.3 Å². The molecule has 38 heavy (non-hydrogen) atoms. The van der Waals surface area contributed by atoms with E-state index in [-0.39, 0.29) is 10.7 Å². The second-order valence-corrected chi connectivity index (χ2v) is 12.0. The Labute approximate surface area is 222 Å². The first-order chi connectivity index (χ1) is 18.3. The molecule has 0 saturated carbocycles. The second-order valence-electron chi connectivity index (χ2n) is 9.03. The van der Waals surface area contributed by atoms with Crippen molar-refractivity contribution < 1.29 is 17.6 Å². The van der Waals surface area contributed by atoms with Gasteiger partial charge >= 0.3 is 0 Å². The maximum Gasteiger partial charge on any atom is 0.256 e. The Morgan fingerprint density at radius 1 is 1.03 bits per heavy atom. The summed E-state index contributed by atoms with van der Waals surface area (Å²) in [6.07, 6.45) is 0.659. The SMILES string of the molecule is Cc1cc(NC(=O)c2ccc(S(=O)(=O)N3CCc4ccccc4C3)cc2)n(-c2nc3ccc(F)cc3s2)n1. The zero-order chi connectivity index (χ0) is 26.4. The molecule has 192 valence electrons. The van der Waals surface area contributed by atoms with Gasteiger partial charge < -0.3 is 5.32 Å². The van der Waals surface area contributed by atoms with Crippen LogP contribution in [0.5, 0.6) is 0 Å². The van der Waals surface area contributed by atoms with Crippen LogP contribution in [0.2, 0.25) is 0 Å². The van der Waals surface area contributed by atoms with Crippen molar-refractivity contribution in [1.29, 1.82) is 0 Å². The van der Waals surface area contributed by atoms with Crippen LogP contribution in [0.25, 0.3) is 15.3 Å². The van der Waals surface area contributed by atoms with Crippen molar-refractivity contribution in [1.82, 2.24) is 19.1 Å². The van der Waals surface area contributed by atoms with E-state index in [9.17, 15) is 17.6 Å². The first-order valence-corrected chi connectivity index (χ1v) is 14.1. The van der Waals surface area contributed by atoms with Gasteiger partial charge in [0.25, 0.3) is 5.91 Å². The minimum Gasteiger partial charge on any atom is -0.306 e. The quantitative estimate of drug-likeness (QED) is 0.337. The number of hydrogen-bond donors (Lipinski definition) is 1. The van der Waals surface area contributed by atoms with Gasteiger partial charge in [-0.1, -0.05) is 35.6 Å². The van der Waals surface area contributed by atoms with Gasteiger partial charge in [0.15, 0.2) is 0 Å². The third-order valence-corrected chi connectivity index (χ3v) is 9.30. The highest BCUT2D eigenvalue weighted by molar-refractivity contribution is 7.89. The topological polar surface area (TPSA) is 97.2 Å². The van der Waals surface area contributed by atoms with Crippen molar-refractivity contribution >= 4 is 43.3 Å². The summed E-state index contributed by atoms with van der Waals surface area (Å²) >= 11 is 1.26. The van der Waals surface area contributed by atoms with Crippen LogP contribution >= 0.6 is 11.3 Å². The number of aryl methyl sites for hydroxylation is 1. The normalized spacial score (nSPS) is 13.9. The van der Waals surface area contributed by atoms with E-state index < -0.39 is 15.9 Å². The highest BCUT2D eigenvalue weighted by atomic mass is 32.2. The van der Waals surface area contributed by atoms with Crippen molar-refractivity contribution in [3.8, 4) is 5.13 Å². The van der Waals surface area contributed by atoms with Crippen molar-refractivity contribution in [3.05, 3.63) is 101 Å². The molecule has 1 aliphatic heterocycles. The van der Waals surface area contributed by atoms with E-state index in [2.05, 4.69) is 15.4 Å². The molecule has 0 spiro atoms. The summed E-state index contributed by atoms with van der Waals surface area (Å²) in [5.74, 6) is -0.377. The Hall–Kier alpha value is -3.93. The number of fused-ring (bicyclic) bond motifs is 2. The summed E-state index contributed by atoms with van der Waals surface area (Å²) in [7, 11) is -3.71. The molecule has 1 N–H and O–H groups in total. The molecular formula is C27H22FN5O3S2. The lowest BCUT2D eigenvalue weighted by molar-refractivity contribution is 0.102. The molecule has 0 aliphatic carbocycles. The first kappa shape index (κ1) is 24.4. The van der Waals surface area contributed by atoms with Crippen molar-refractivity contribution in [2.45, 2.75) is 24.8 Å². The number of hydrogen-bond acceptors (Lipinski definition) is 6. The molecule has 0 radical (unpaired) electrons. The number of nitrogens with one attached hydrogen (secondary N) is 1. The van der Waals surface area contributed by atoms with E-state index in [1.165, 1.54) is 62.3 Å². The number of aromatic nitrogens is 3. The minimum atomic E-state index is -3.71. The smallest absolute Gasteiger partial charge is 0.256 e. The van der Waals surface area contributed by atoms with E-state index >= 15 is 0 Å². The van der Waals surface area contributed by atoms with Crippen LogP contribution in [-0.2, 0) is 23.0 Å². The Bertz CT molecular complexity index is 1800. The molecule has 1 amide bonds. The Morgan fingerprint density at radius 3 is 2.58 bits per heavy atom. The lowest BCUT2D eigenvalue weighted by Gasteiger charge is -2.28. The largest absolute Gasteiger partial charge is 0.306 e. The van der Waals surface area contributed by atoms with Crippen LogP contribution in [0.1, 0.15) is 27.2 Å². The van der Waals surface area contributed by atoms with Gasteiger partial charge in [-0.05, 0) is 66.9 Å². The number of halogens is 1. The molecule has 5 aromatic rings. The van der Waals surface area contributed by atoms with Gasteiger partial charge in [-0.15, -0.1) is 0 Å². The predicted octanol–water partition coefficient (Wildman–Crippen LogP) is 4.93. The summed E-state index contributed by atoms with van der Waals surface area (Å²) < 4.78 is 43.8. The zero-order valence-electron chi connectivity index (χ0n) is 20.3. The summed E-state index contributed by atoms with van der Waals surface area (Å²) in [5, 5.41) is 7.74. The van der Waals surface area contributed by atoms with Crippen LogP contribution < -0.4 is 5.32 Å². The van der Waals surface area contributed by atoms with Gasteiger partial charge in [-0.25, -0.2) is 17.8 Å². The number of rotatable bonds is 5. The maximum atomic E-state index is 13.6. The number of nitrogens with zero attached hydrogens (tertiary/aromatic N) is 4. The number of anilines is 1. The molecule has 3 heterocycles. The van der Waals surface area contributed by atoms with E-state index in [0.29, 0.717) is 51.9 Å². The molecule has 11 heteroatoms. The summed E-state index contributed by atoms with van der Waals surface area (Å²) in [4.78, 5) is 17.7. The van der Waals surface area contributed by atoms with E-state index in [0.717, 1.165) is 5.56 Å². The molecule has 0 unspecified atom stereocenters. The molecule has 0 fully saturated rings. The van der Waals surface area contributed by atoms with Gasteiger partial charge in [0.1, 0.15) is 11.6 Å².